The highest BCUT2D eigenvalue weighted by atomic mass is 16.5. The van der Waals surface area contributed by atoms with E-state index in [0.717, 1.165) is 38.8 Å². The van der Waals surface area contributed by atoms with Crippen LogP contribution in [-0.2, 0) is 4.74 Å². The first-order valence-corrected chi connectivity index (χ1v) is 7.38. The molecule has 0 aliphatic carbocycles. The summed E-state index contributed by atoms with van der Waals surface area (Å²) >= 11 is 0. The molecule has 18 heavy (non-hydrogen) atoms. The van der Waals surface area contributed by atoms with E-state index in [1.807, 2.05) is 6.92 Å². The Labute approximate surface area is 113 Å². The highest BCUT2D eigenvalue weighted by molar-refractivity contribution is 4.72. The van der Waals surface area contributed by atoms with Gasteiger partial charge in [-0.1, -0.05) is 0 Å². The molecule has 1 aliphatic heterocycles. The molecule has 0 aromatic rings. The molecule has 0 bridgehead atoms. The van der Waals surface area contributed by atoms with Gasteiger partial charge in [0.1, 0.15) is 0 Å². The van der Waals surface area contributed by atoms with Crippen molar-refractivity contribution >= 4 is 0 Å². The Bertz CT molecular complexity index is 193. The third-order valence-corrected chi connectivity index (χ3v) is 3.71. The van der Waals surface area contributed by atoms with E-state index >= 15 is 0 Å². The Morgan fingerprint density at radius 3 is 2.67 bits per heavy atom. The maximum atomic E-state index is 5.29. The molecule has 0 amide bonds. The summed E-state index contributed by atoms with van der Waals surface area (Å²) in [7, 11) is 4.46. The summed E-state index contributed by atoms with van der Waals surface area (Å²) in [6, 6.07) is 0. The van der Waals surface area contributed by atoms with Crippen molar-refractivity contribution in [1.82, 2.24) is 15.1 Å². The van der Waals surface area contributed by atoms with Crippen LogP contribution in [0.4, 0.5) is 0 Å². The van der Waals surface area contributed by atoms with Gasteiger partial charge in [0, 0.05) is 32.8 Å². The quantitative estimate of drug-likeness (QED) is 0.621. The van der Waals surface area contributed by atoms with Crippen molar-refractivity contribution in [1.29, 1.82) is 0 Å². The van der Waals surface area contributed by atoms with Crippen LogP contribution >= 0.6 is 0 Å². The summed E-state index contributed by atoms with van der Waals surface area (Å²) in [5, 5.41) is 3.42. The molecule has 1 heterocycles. The first kappa shape index (κ1) is 15.9. The van der Waals surface area contributed by atoms with E-state index in [-0.39, 0.29) is 0 Å². The summed E-state index contributed by atoms with van der Waals surface area (Å²) in [6.07, 6.45) is 2.72. The highest BCUT2D eigenvalue weighted by Crippen LogP contribution is 2.16. The molecule has 0 saturated carbocycles. The van der Waals surface area contributed by atoms with Crippen molar-refractivity contribution in [2.24, 2.45) is 5.92 Å². The maximum absolute atomic E-state index is 5.29. The van der Waals surface area contributed by atoms with Gasteiger partial charge in [-0.3, -0.25) is 0 Å². The predicted molar refractivity (Wildman–Crippen MR) is 77.1 cm³/mol. The van der Waals surface area contributed by atoms with E-state index in [1.165, 1.54) is 32.5 Å². The average molecular weight is 257 g/mol. The number of likely N-dealkylation sites (tertiary alicyclic amines) is 1. The molecular formula is C14H31N3O. The summed E-state index contributed by atoms with van der Waals surface area (Å²) in [5.74, 6) is 0.898. The van der Waals surface area contributed by atoms with Crippen LogP contribution in [0.15, 0.2) is 0 Å². The van der Waals surface area contributed by atoms with Crippen LogP contribution < -0.4 is 5.32 Å². The second-order valence-electron chi connectivity index (χ2n) is 5.46. The lowest BCUT2D eigenvalue weighted by atomic mass is 9.97. The Morgan fingerprint density at radius 1 is 1.28 bits per heavy atom. The second kappa shape index (κ2) is 9.73. The monoisotopic (exact) mass is 257 g/mol. The van der Waals surface area contributed by atoms with E-state index in [1.54, 1.807) is 0 Å². The fourth-order valence-electron chi connectivity index (χ4n) is 2.46. The summed E-state index contributed by atoms with van der Waals surface area (Å²) in [6.45, 7) is 10.6. The van der Waals surface area contributed by atoms with E-state index in [2.05, 4.69) is 29.2 Å². The molecule has 0 unspecified atom stereocenters. The Kier molecular flexibility index (Phi) is 8.59. The number of likely N-dealkylation sites (N-methyl/N-ethyl adjacent to an activating group) is 1. The van der Waals surface area contributed by atoms with Gasteiger partial charge in [-0.05, 0) is 52.9 Å². The summed E-state index contributed by atoms with van der Waals surface area (Å²) in [5.41, 5.74) is 0. The fourth-order valence-corrected chi connectivity index (χ4v) is 2.46. The zero-order valence-corrected chi connectivity index (χ0v) is 12.5. The number of ether oxygens (including phenoxy) is 1. The van der Waals surface area contributed by atoms with Gasteiger partial charge in [-0.25, -0.2) is 0 Å². The number of rotatable bonds is 9. The fraction of sp³-hybridized carbons (Fsp3) is 1.00. The molecule has 0 spiro atoms. The topological polar surface area (TPSA) is 27.7 Å². The van der Waals surface area contributed by atoms with E-state index in [0.29, 0.717) is 0 Å². The summed E-state index contributed by atoms with van der Waals surface area (Å²) in [4.78, 5) is 4.90. The lowest BCUT2D eigenvalue weighted by Crippen LogP contribution is -2.38. The molecule has 1 fully saturated rings. The third kappa shape index (κ3) is 7.31. The second-order valence-corrected chi connectivity index (χ2v) is 5.46. The van der Waals surface area contributed by atoms with Crippen molar-refractivity contribution in [3.63, 3.8) is 0 Å². The average Bonchev–Trinajstić information content (AvgIpc) is 2.36. The molecule has 108 valence electrons. The smallest absolute Gasteiger partial charge is 0.0590 e. The van der Waals surface area contributed by atoms with Crippen molar-refractivity contribution in [2.75, 3.05) is 66.6 Å². The van der Waals surface area contributed by atoms with Crippen LogP contribution in [-0.4, -0.2) is 76.4 Å². The molecule has 4 nitrogen and oxygen atoms in total. The molecule has 0 aromatic carbocycles. The SMILES string of the molecule is CCOCCNCCN(C)CC1CCN(C)CC1. The van der Waals surface area contributed by atoms with Crippen molar-refractivity contribution in [3.8, 4) is 0 Å². The van der Waals surface area contributed by atoms with Crippen LogP contribution in [0.2, 0.25) is 0 Å². The van der Waals surface area contributed by atoms with Gasteiger partial charge >= 0.3 is 0 Å². The molecule has 1 saturated heterocycles. The van der Waals surface area contributed by atoms with Gasteiger partial charge in [0.2, 0.25) is 0 Å². The minimum atomic E-state index is 0.817. The standard InChI is InChI=1S/C14H31N3O/c1-4-18-12-8-15-7-11-17(3)13-14-5-9-16(2)10-6-14/h14-15H,4-13H2,1-3H3. The Hall–Kier alpha value is -0.160. The van der Waals surface area contributed by atoms with Crippen LogP contribution in [0.25, 0.3) is 0 Å². The first-order valence-electron chi connectivity index (χ1n) is 7.38. The number of hydrogen-bond donors (Lipinski definition) is 1. The summed E-state index contributed by atoms with van der Waals surface area (Å²) < 4.78 is 5.29. The number of nitrogens with zero attached hydrogens (tertiary/aromatic N) is 2. The molecular weight excluding hydrogens is 226 g/mol. The van der Waals surface area contributed by atoms with Gasteiger partial charge < -0.3 is 19.9 Å². The normalized spacial score (nSPS) is 18.7. The molecule has 1 rings (SSSR count). The number of hydrogen-bond acceptors (Lipinski definition) is 4. The Balaban J connectivity index is 1.95. The van der Waals surface area contributed by atoms with Crippen LogP contribution in [0.1, 0.15) is 19.8 Å². The van der Waals surface area contributed by atoms with Gasteiger partial charge in [0.25, 0.3) is 0 Å². The van der Waals surface area contributed by atoms with Crippen molar-refractivity contribution < 1.29 is 4.74 Å². The maximum Gasteiger partial charge on any atom is 0.0590 e. The molecule has 4 heteroatoms. The Morgan fingerprint density at radius 2 is 2.00 bits per heavy atom. The number of piperidine rings is 1. The third-order valence-electron chi connectivity index (χ3n) is 3.71. The van der Waals surface area contributed by atoms with E-state index in [9.17, 15) is 0 Å². The molecule has 0 atom stereocenters. The molecule has 0 radical (unpaired) electrons. The zero-order chi connectivity index (χ0) is 13.2. The van der Waals surface area contributed by atoms with Crippen LogP contribution in [0.5, 0.6) is 0 Å². The van der Waals surface area contributed by atoms with Crippen LogP contribution in [0, 0.1) is 5.92 Å². The largest absolute Gasteiger partial charge is 0.380 e. The van der Waals surface area contributed by atoms with E-state index < -0.39 is 0 Å². The van der Waals surface area contributed by atoms with Crippen molar-refractivity contribution in [3.05, 3.63) is 0 Å². The predicted octanol–water partition coefficient (Wildman–Crippen LogP) is 0.886. The van der Waals surface area contributed by atoms with Gasteiger partial charge in [0.15, 0.2) is 0 Å². The minimum absolute atomic E-state index is 0.817. The first-order chi connectivity index (χ1) is 8.72. The zero-order valence-electron chi connectivity index (χ0n) is 12.5. The van der Waals surface area contributed by atoms with Gasteiger partial charge in [-0.2, -0.15) is 0 Å². The van der Waals surface area contributed by atoms with Gasteiger partial charge in [-0.15, -0.1) is 0 Å². The van der Waals surface area contributed by atoms with Crippen molar-refractivity contribution in [2.45, 2.75) is 19.8 Å². The highest BCUT2D eigenvalue weighted by Gasteiger charge is 2.17. The lowest BCUT2D eigenvalue weighted by Gasteiger charge is -2.31. The number of nitrogens with one attached hydrogen (secondary N) is 1. The van der Waals surface area contributed by atoms with Gasteiger partial charge in [0.05, 0.1) is 6.61 Å². The molecule has 1 aliphatic rings. The lowest BCUT2D eigenvalue weighted by molar-refractivity contribution is 0.147. The molecule has 1 N–H and O–H groups in total. The van der Waals surface area contributed by atoms with E-state index in [4.69, 9.17) is 4.74 Å². The minimum Gasteiger partial charge on any atom is -0.380 e. The molecule has 0 aromatic heterocycles. The van der Waals surface area contributed by atoms with Crippen LogP contribution in [0.3, 0.4) is 0 Å².